The number of anilines is 1. The smallest absolute Gasteiger partial charge is 0.227 e. The Morgan fingerprint density at radius 1 is 1.21 bits per heavy atom. The Labute approximate surface area is 181 Å². The number of benzene rings is 1. The standard InChI is InChI=1S/C22H30BrN3O3/c23-18-5-4-6-19(14-18)26-15-17(13-20(26)27)21(28)24-16-22(7-2-1-3-8-22)25-9-11-29-12-10-25/h4-6,14,17H,1-3,7-13,15-16H2,(H,24,28). The van der Waals surface area contributed by atoms with Crippen LogP contribution in [0.1, 0.15) is 38.5 Å². The third kappa shape index (κ3) is 4.67. The first-order valence-electron chi connectivity index (χ1n) is 10.7. The molecule has 2 saturated heterocycles. The minimum absolute atomic E-state index is 0.00838. The number of morpholine rings is 1. The Balaban J connectivity index is 1.39. The van der Waals surface area contributed by atoms with Gasteiger partial charge in [-0.15, -0.1) is 0 Å². The Morgan fingerprint density at radius 3 is 2.69 bits per heavy atom. The van der Waals surface area contributed by atoms with Crippen molar-refractivity contribution in [2.24, 2.45) is 5.92 Å². The molecule has 3 aliphatic rings. The summed E-state index contributed by atoms with van der Waals surface area (Å²) in [5.41, 5.74) is 0.890. The first-order chi connectivity index (χ1) is 14.1. The summed E-state index contributed by atoms with van der Waals surface area (Å²) >= 11 is 3.45. The number of carbonyl (C=O) groups excluding carboxylic acids is 2. The second-order valence-corrected chi connectivity index (χ2v) is 9.40. The molecular weight excluding hydrogens is 434 g/mol. The van der Waals surface area contributed by atoms with E-state index in [1.165, 1.54) is 19.3 Å². The van der Waals surface area contributed by atoms with Crippen molar-refractivity contribution in [2.45, 2.75) is 44.1 Å². The number of amides is 2. The van der Waals surface area contributed by atoms with Crippen LogP contribution in [-0.4, -0.2) is 61.6 Å². The van der Waals surface area contributed by atoms with Gasteiger partial charge in [0.15, 0.2) is 0 Å². The maximum atomic E-state index is 13.0. The van der Waals surface area contributed by atoms with E-state index >= 15 is 0 Å². The Kier molecular flexibility index (Phi) is 6.56. The van der Waals surface area contributed by atoms with Crippen molar-refractivity contribution < 1.29 is 14.3 Å². The van der Waals surface area contributed by atoms with Crippen molar-refractivity contribution in [3.05, 3.63) is 28.7 Å². The number of rotatable bonds is 5. The summed E-state index contributed by atoms with van der Waals surface area (Å²) in [4.78, 5) is 29.7. The minimum Gasteiger partial charge on any atom is -0.379 e. The molecule has 2 amide bonds. The van der Waals surface area contributed by atoms with Crippen LogP contribution in [0.15, 0.2) is 28.7 Å². The van der Waals surface area contributed by atoms with E-state index in [1.54, 1.807) is 4.90 Å². The van der Waals surface area contributed by atoms with E-state index in [0.717, 1.165) is 49.3 Å². The number of carbonyl (C=O) groups is 2. The molecule has 7 heteroatoms. The van der Waals surface area contributed by atoms with Gasteiger partial charge in [-0.1, -0.05) is 41.3 Å². The quantitative estimate of drug-likeness (QED) is 0.728. The number of nitrogens with one attached hydrogen (secondary N) is 1. The van der Waals surface area contributed by atoms with Gasteiger partial charge in [0.05, 0.1) is 19.1 Å². The van der Waals surface area contributed by atoms with Gasteiger partial charge in [0.1, 0.15) is 0 Å². The molecule has 158 valence electrons. The van der Waals surface area contributed by atoms with E-state index in [-0.39, 0.29) is 29.7 Å². The fourth-order valence-corrected chi connectivity index (χ4v) is 5.41. The lowest BCUT2D eigenvalue weighted by Crippen LogP contribution is -2.60. The van der Waals surface area contributed by atoms with E-state index in [1.807, 2.05) is 24.3 Å². The minimum atomic E-state index is -0.285. The average Bonchev–Trinajstić information content (AvgIpc) is 3.15. The van der Waals surface area contributed by atoms with Crippen molar-refractivity contribution in [1.29, 1.82) is 0 Å². The molecule has 1 aromatic carbocycles. The van der Waals surface area contributed by atoms with Gasteiger partial charge in [0.2, 0.25) is 11.8 Å². The van der Waals surface area contributed by atoms with Crippen molar-refractivity contribution in [3.8, 4) is 0 Å². The third-order valence-electron chi connectivity index (χ3n) is 6.67. The summed E-state index contributed by atoms with van der Waals surface area (Å²) in [7, 11) is 0. The number of nitrogens with zero attached hydrogens (tertiary/aromatic N) is 2. The zero-order chi connectivity index (χ0) is 20.3. The van der Waals surface area contributed by atoms with Gasteiger partial charge in [-0.25, -0.2) is 0 Å². The topological polar surface area (TPSA) is 61.9 Å². The lowest BCUT2D eigenvalue weighted by Gasteiger charge is -2.48. The number of ether oxygens (including phenoxy) is 1. The molecule has 0 bridgehead atoms. The maximum absolute atomic E-state index is 13.0. The number of halogens is 1. The van der Waals surface area contributed by atoms with Gasteiger partial charge in [-0.2, -0.15) is 0 Å². The second kappa shape index (κ2) is 9.14. The van der Waals surface area contributed by atoms with E-state index in [4.69, 9.17) is 4.74 Å². The molecular formula is C22H30BrN3O3. The van der Waals surface area contributed by atoms with Crippen LogP contribution in [0.5, 0.6) is 0 Å². The molecule has 1 saturated carbocycles. The molecule has 1 aliphatic carbocycles. The Bertz CT molecular complexity index is 745. The molecule has 2 aliphatic heterocycles. The van der Waals surface area contributed by atoms with Crippen LogP contribution in [-0.2, 0) is 14.3 Å². The zero-order valence-corrected chi connectivity index (χ0v) is 18.5. The highest BCUT2D eigenvalue weighted by atomic mass is 79.9. The predicted molar refractivity (Wildman–Crippen MR) is 116 cm³/mol. The molecule has 4 rings (SSSR count). The average molecular weight is 464 g/mol. The molecule has 3 fully saturated rings. The highest BCUT2D eigenvalue weighted by molar-refractivity contribution is 9.10. The number of hydrogen-bond acceptors (Lipinski definition) is 4. The molecule has 0 spiro atoms. The molecule has 1 atom stereocenters. The van der Waals surface area contributed by atoms with Crippen molar-refractivity contribution in [2.75, 3.05) is 44.3 Å². The van der Waals surface area contributed by atoms with Gasteiger partial charge in [0, 0.05) is 48.3 Å². The van der Waals surface area contributed by atoms with E-state index in [9.17, 15) is 9.59 Å². The summed E-state index contributed by atoms with van der Waals surface area (Å²) in [5, 5.41) is 3.23. The largest absolute Gasteiger partial charge is 0.379 e. The van der Waals surface area contributed by atoms with Crippen LogP contribution < -0.4 is 10.2 Å². The molecule has 0 radical (unpaired) electrons. The highest BCUT2D eigenvalue weighted by Crippen LogP contribution is 2.34. The van der Waals surface area contributed by atoms with Gasteiger partial charge in [-0.3, -0.25) is 14.5 Å². The second-order valence-electron chi connectivity index (χ2n) is 8.49. The van der Waals surface area contributed by atoms with E-state index in [2.05, 4.69) is 26.1 Å². The molecule has 29 heavy (non-hydrogen) atoms. The summed E-state index contributed by atoms with van der Waals surface area (Å²) in [6.45, 7) is 4.55. The van der Waals surface area contributed by atoms with Crippen LogP contribution >= 0.6 is 15.9 Å². The van der Waals surface area contributed by atoms with Crippen molar-refractivity contribution >= 4 is 33.4 Å². The monoisotopic (exact) mass is 463 g/mol. The summed E-state index contributed by atoms with van der Waals surface area (Å²) < 4.78 is 6.47. The molecule has 1 aromatic rings. The van der Waals surface area contributed by atoms with Crippen LogP contribution in [0.2, 0.25) is 0 Å². The van der Waals surface area contributed by atoms with Crippen LogP contribution in [0.25, 0.3) is 0 Å². The fraction of sp³-hybridized carbons (Fsp3) is 0.636. The molecule has 1 unspecified atom stereocenters. The predicted octanol–water partition coefficient (Wildman–Crippen LogP) is 2.95. The fourth-order valence-electron chi connectivity index (χ4n) is 5.03. The van der Waals surface area contributed by atoms with Crippen LogP contribution in [0.3, 0.4) is 0 Å². The van der Waals surface area contributed by atoms with Crippen molar-refractivity contribution in [1.82, 2.24) is 10.2 Å². The maximum Gasteiger partial charge on any atom is 0.227 e. The van der Waals surface area contributed by atoms with E-state index in [0.29, 0.717) is 13.1 Å². The number of hydrogen-bond donors (Lipinski definition) is 1. The normalized spacial score (nSPS) is 25.2. The molecule has 1 N–H and O–H groups in total. The van der Waals surface area contributed by atoms with Crippen LogP contribution in [0.4, 0.5) is 5.69 Å². The summed E-state index contributed by atoms with van der Waals surface area (Å²) in [6, 6.07) is 7.69. The van der Waals surface area contributed by atoms with Gasteiger partial charge in [-0.05, 0) is 31.0 Å². The first kappa shape index (κ1) is 20.8. The van der Waals surface area contributed by atoms with Gasteiger partial charge < -0.3 is 15.0 Å². The Hall–Kier alpha value is -1.44. The van der Waals surface area contributed by atoms with Gasteiger partial charge >= 0.3 is 0 Å². The van der Waals surface area contributed by atoms with Crippen LogP contribution in [0, 0.1) is 5.92 Å². The highest BCUT2D eigenvalue weighted by Gasteiger charge is 2.40. The lowest BCUT2D eigenvalue weighted by atomic mass is 9.79. The van der Waals surface area contributed by atoms with E-state index < -0.39 is 0 Å². The SMILES string of the molecule is O=C(NCC1(N2CCOCC2)CCCCC1)C1CC(=O)N(c2cccc(Br)c2)C1. The zero-order valence-electron chi connectivity index (χ0n) is 16.9. The molecule has 6 nitrogen and oxygen atoms in total. The van der Waals surface area contributed by atoms with Crippen molar-refractivity contribution in [3.63, 3.8) is 0 Å². The first-order valence-corrected chi connectivity index (χ1v) is 11.5. The Morgan fingerprint density at radius 2 is 1.97 bits per heavy atom. The third-order valence-corrected chi connectivity index (χ3v) is 7.17. The summed E-state index contributed by atoms with van der Waals surface area (Å²) in [5.74, 6) is -0.260. The molecule has 2 heterocycles. The summed E-state index contributed by atoms with van der Waals surface area (Å²) in [6.07, 6.45) is 6.24. The lowest BCUT2D eigenvalue weighted by molar-refractivity contribution is -0.127. The van der Waals surface area contributed by atoms with Gasteiger partial charge in [0.25, 0.3) is 0 Å². The molecule has 0 aromatic heterocycles.